The maximum atomic E-state index is 13.8. The van der Waals surface area contributed by atoms with Crippen molar-refractivity contribution in [3.63, 3.8) is 0 Å². The van der Waals surface area contributed by atoms with Crippen molar-refractivity contribution in [1.82, 2.24) is 19.7 Å². The number of nitrogens with zero attached hydrogens (tertiary/aromatic N) is 5. The Morgan fingerprint density at radius 3 is 2.61 bits per heavy atom. The van der Waals surface area contributed by atoms with E-state index >= 15 is 0 Å². The summed E-state index contributed by atoms with van der Waals surface area (Å²) in [6.07, 6.45) is 6.50. The molecule has 0 radical (unpaired) electrons. The van der Waals surface area contributed by atoms with Crippen molar-refractivity contribution in [1.29, 1.82) is 0 Å². The lowest BCUT2D eigenvalue weighted by Gasteiger charge is -2.60. The van der Waals surface area contributed by atoms with Gasteiger partial charge in [0.25, 0.3) is 5.91 Å². The summed E-state index contributed by atoms with van der Waals surface area (Å²) in [6, 6.07) is 17.7. The number of benzene rings is 2. The van der Waals surface area contributed by atoms with Crippen molar-refractivity contribution in [2.45, 2.75) is 85.9 Å². The summed E-state index contributed by atoms with van der Waals surface area (Å²) >= 11 is 1.46. The van der Waals surface area contributed by atoms with Crippen LogP contribution in [0.3, 0.4) is 0 Å². The zero-order valence-electron chi connectivity index (χ0n) is 30.3. The van der Waals surface area contributed by atoms with Gasteiger partial charge in [-0.05, 0) is 118 Å². The van der Waals surface area contributed by atoms with Gasteiger partial charge in [0, 0.05) is 42.0 Å². The number of carbonyl (C=O) groups excluding carboxylic acids is 2. The number of nitrogens with one attached hydrogen (secondary N) is 1. The fourth-order valence-corrected chi connectivity index (χ4v) is 9.56. The number of esters is 1. The second-order valence-electron chi connectivity index (χ2n) is 16.1. The summed E-state index contributed by atoms with van der Waals surface area (Å²) in [5, 5.41) is 8.45. The van der Waals surface area contributed by atoms with Gasteiger partial charge in [0.2, 0.25) is 0 Å². The summed E-state index contributed by atoms with van der Waals surface area (Å²) < 4.78 is 9.07. The number of ether oxygens (including phenoxy) is 1. The first-order chi connectivity index (χ1) is 24.4. The topological polar surface area (TPSA) is 102 Å². The second kappa shape index (κ2) is 12.6. The minimum atomic E-state index is -0.685. The lowest BCUT2D eigenvalue weighted by Crippen LogP contribution is -2.53. The lowest BCUT2D eigenvalue weighted by molar-refractivity contribution is -0.109. The molecule has 0 spiro atoms. The van der Waals surface area contributed by atoms with Crippen molar-refractivity contribution < 1.29 is 14.3 Å². The van der Waals surface area contributed by atoms with Crippen molar-refractivity contribution in [3.8, 4) is 11.1 Å². The Morgan fingerprint density at radius 2 is 1.84 bits per heavy atom. The maximum absolute atomic E-state index is 13.8. The third-order valence-electron chi connectivity index (χ3n) is 11.6. The fraction of sp³-hybridized carbons (Fsp3) is 0.439. The summed E-state index contributed by atoms with van der Waals surface area (Å²) in [6.45, 7) is 14.6. The van der Waals surface area contributed by atoms with Crippen LogP contribution in [0.5, 0.6) is 0 Å². The minimum Gasteiger partial charge on any atom is -0.455 e. The van der Waals surface area contributed by atoms with Crippen LogP contribution in [0.25, 0.3) is 21.3 Å². The third kappa shape index (κ3) is 6.21. The molecular weight excluding hydrogens is 657 g/mol. The Kier molecular flexibility index (Phi) is 8.28. The highest BCUT2D eigenvalue weighted by atomic mass is 32.1. The Balaban J connectivity index is 1.08. The molecule has 0 unspecified atom stereocenters. The number of amides is 1. The van der Waals surface area contributed by atoms with Crippen LogP contribution < -0.4 is 10.2 Å². The fourth-order valence-electron chi connectivity index (χ4n) is 8.70. The average molecular weight is 703 g/mol. The highest BCUT2D eigenvalue weighted by Crippen LogP contribution is 2.61. The van der Waals surface area contributed by atoms with Gasteiger partial charge in [0.1, 0.15) is 11.4 Å². The van der Waals surface area contributed by atoms with Crippen LogP contribution in [0, 0.1) is 30.1 Å². The van der Waals surface area contributed by atoms with E-state index in [1.807, 2.05) is 75.5 Å². The van der Waals surface area contributed by atoms with E-state index in [1.165, 1.54) is 30.6 Å². The van der Waals surface area contributed by atoms with Crippen molar-refractivity contribution >= 4 is 44.4 Å². The first-order valence-corrected chi connectivity index (χ1v) is 19.0. The molecule has 5 aromatic rings. The molecule has 2 aromatic carbocycles. The molecule has 3 fully saturated rings. The van der Waals surface area contributed by atoms with Gasteiger partial charge >= 0.3 is 5.97 Å². The molecular formula is C41H46N6O3S. The number of hydrogen-bond acceptors (Lipinski definition) is 8. The summed E-state index contributed by atoms with van der Waals surface area (Å²) in [4.78, 5) is 39.2. The molecule has 4 aliphatic rings. The first-order valence-electron chi connectivity index (χ1n) is 18.2. The van der Waals surface area contributed by atoms with Crippen LogP contribution in [-0.4, -0.2) is 43.8 Å². The molecule has 3 aromatic heterocycles. The van der Waals surface area contributed by atoms with E-state index in [2.05, 4.69) is 46.7 Å². The molecule has 51 heavy (non-hydrogen) atoms. The van der Waals surface area contributed by atoms with Gasteiger partial charge in [-0.2, -0.15) is 5.10 Å². The van der Waals surface area contributed by atoms with Crippen LogP contribution in [0.4, 0.5) is 10.9 Å². The average Bonchev–Trinajstić information content (AvgIpc) is 3.68. The molecule has 3 atom stereocenters. The van der Waals surface area contributed by atoms with Gasteiger partial charge in [-0.3, -0.25) is 14.8 Å². The quantitative estimate of drug-likeness (QED) is 0.169. The van der Waals surface area contributed by atoms with Crippen molar-refractivity contribution in [2.75, 3.05) is 16.8 Å². The maximum Gasteiger partial charge on any atom is 0.358 e. The van der Waals surface area contributed by atoms with Gasteiger partial charge < -0.3 is 9.64 Å². The monoisotopic (exact) mass is 702 g/mol. The van der Waals surface area contributed by atoms with E-state index in [9.17, 15) is 9.59 Å². The number of para-hydroxylation sites is 1. The number of rotatable bonds is 7. The number of anilines is 2. The molecule has 1 amide bonds. The number of pyridine rings is 1. The number of carbonyl (C=O) groups is 2. The second-order valence-corrected chi connectivity index (χ2v) is 17.2. The minimum absolute atomic E-state index is 0.188. The molecule has 3 saturated carbocycles. The highest BCUT2D eigenvalue weighted by molar-refractivity contribution is 7.22. The number of fused-ring (bicyclic) bond motifs is 4. The molecule has 264 valence electrons. The Hall–Kier alpha value is -4.57. The normalized spacial score (nSPS) is 20.8. The van der Waals surface area contributed by atoms with Crippen molar-refractivity contribution in [2.24, 2.45) is 23.2 Å². The molecule has 1 N–H and O–H groups in total. The Bertz CT molecular complexity index is 2120. The Labute approximate surface area is 303 Å². The summed E-state index contributed by atoms with van der Waals surface area (Å²) in [5.74, 6) is 2.21. The SMILES string of the molecule is Cc1c(-c2ccc(N3CCc4cccc(C(=O)Nc5nc6ccccc6s5)c4C3)nc2C(=O)OC(C)(C)C)cnn1C[C@@H]1CC[C@H]2C[C@@H]1C2(C)C. The van der Waals surface area contributed by atoms with Gasteiger partial charge in [-0.15, -0.1) is 0 Å². The smallest absolute Gasteiger partial charge is 0.358 e. The van der Waals surface area contributed by atoms with Gasteiger partial charge in [-0.1, -0.05) is 49.4 Å². The predicted molar refractivity (Wildman–Crippen MR) is 202 cm³/mol. The van der Waals surface area contributed by atoms with Crippen LogP contribution >= 0.6 is 11.3 Å². The molecule has 4 heterocycles. The highest BCUT2D eigenvalue weighted by Gasteiger charge is 2.54. The van der Waals surface area contributed by atoms with Crippen LogP contribution in [0.15, 0.2) is 60.8 Å². The van der Waals surface area contributed by atoms with E-state index in [4.69, 9.17) is 14.8 Å². The largest absolute Gasteiger partial charge is 0.455 e. The van der Waals surface area contributed by atoms with E-state index < -0.39 is 11.6 Å². The molecule has 10 heteroatoms. The van der Waals surface area contributed by atoms with E-state index in [-0.39, 0.29) is 11.6 Å². The molecule has 1 aliphatic heterocycles. The zero-order valence-corrected chi connectivity index (χ0v) is 31.1. The number of aromatic nitrogens is 4. The number of thiazole rings is 1. The summed E-state index contributed by atoms with van der Waals surface area (Å²) in [5.41, 5.74) is 6.21. The summed E-state index contributed by atoms with van der Waals surface area (Å²) in [7, 11) is 0. The van der Waals surface area contributed by atoms with Gasteiger partial charge in [-0.25, -0.2) is 14.8 Å². The van der Waals surface area contributed by atoms with E-state index in [0.29, 0.717) is 40.9 Å². The van der Waals surface area contributed by atoms with Crippen molar-refractivity contribution in [3.05, 3.63) is 88.9 Å². The predicted octanol–water partition coefficient (Wildman–Crippen LogP) is 8.71. The van der Waals surface area contributed by atoms with Crippen LogP contribution in [0.2, 0.25) is 0 Å². The zero-order chi connectivity index (χ0) is 35.7. The van der Waals surface area contributed by atoms with Crippen LogP contribution in [0.1, 0.15) is 91.5 Å². The van der Waals surface area contributed by atoms with Gasteiger partial charge in [0.05, 0.1) is 16.4 Å². The first kappa shape index (κ1) is 33.6. The molecule has 2 bridgehead atoms. The third-order valence-corrected chi connectivity index (χ3v) is 12.6. The Morgan fingerprint density at radius 1 is 1.02 bits per heavy atom. The molecule has 3 aliphatic carbocycles. The van der Waals surface area contributed by atoms with Gasteiger partial charge in [0.15, 0.2) is 10.8 Å². The lowest BCUT2D eigenvalue weighted by atomic mass is 9.45. The molecule has 9 rings (SSSR count). The molecule has 9 nitrogen and oxygen atoms in total. The number of hydrogen-bond donors (Lipinski definition) is 1. The van der Waals surface area contributed by atoms with Crippen LogP contribution in [-0.2, 0) is 24.2 Å². The van der Waals surface area contributed by atoms with E-state index in [1.54, 1.807) is 0 Å². The molecule has 0 saturated heterocycles. The standard InChI is InChI=1S/C41H46N6O3S/c1-24-30(21-42-47(24)22-26-14-15-27-20-32(26)41(27,5)6)28-16-17-35(44-36(28)38(49)50-40(2,3)4)46-19-18-25-10-9-11-29(31(25)23-46)37(48)45-39-43-33-12-7-8-13-34(33)51-39/h7-13,16-17,21,26-27,32H,14-15,18-20,22-23H2,1-6H3,(H,43,45,48)/t26-,27-,32-/m0/s1. The van der Waals surface area contributed by atoms with E-state index in [0.717, 1.165) is 63.0 Å².